The number of thiazole rings is 1. The van der Waals surface area contributed by atoms with E-state index < -0.39 is 35.3 Å². The van der Waals surface area contributed by atoms with Crippen molar-refractivity contribution in [3.63, 3.8) is 0 Å². The van der Waals surface area contributed by atoms with Crippen LogP contribution in [0.2, 0.25) is 0 Å². The van der Waals surface area contributed by atoms with Gasteiger partial charge in [-0.05, 0) is 132 Å². The number of pyridine rings is 1. The number of likely N-dealkylation sites (tertiary alicyclic amines) is 1. The number of para-hydroxylation sites is 1. The van der Waals surface area contributed by atoms with Gasteiger partial charge >= 0.3 is 11.9 Å². The largest absolute Gasteiger partial charge is 0.433 e. The normalized spacial score (nSPS) is 21.1. The number of imide groups is 1. The van der Waals surface area contributed by atoms with Crippen molar-refractivity contribution in [2.45, 2.75) is 102 Å². The van der Waals surface area contributed by atoms with Crippen molar-refractivity contribution in [1.82, 2.24) is 29.3 Å². The van der Waals surface area contributed by atoms with Gasteiger partial charge < -0.3 is 15.3 Å². The van der Waals surface area contributed by atoms with Crippen LogP contribution in [0.1, 0.15) is 116 Å². The third-order valence-corrected chi connectivity index (χ3v) is 13.9. The van der Waals surface area contributed by atoms with Crippen LogP contribution in [-0.4, -0.2) is 66.5 Å². The Hall–Kier alpha value is -4.93. The number of nitrogens with zero attached hydrogens (tertiary/aromatic N) is 5. The van der Waals surface area contributed by atoms with E-state index in [9.17, 15) is 37.5 Å². The zero-order valence-electron chi connectivity index (χ0n) is 34.0. The van der Waals surface area contributed by atoms with E-state index in [1.807, 2.05) is 12.1 Å². The highest BCUT2D eigenvalue weighted by Gasteiger charge is 2.35. The van der Waals surface area contributed by atoms with Crippen LogP contribution >= 0.6 is 11.3 Å². The number of carbonyl (C=O) groups excluding carboxylic acids is 3. The number of halogens is 3. The first-order chi connectivity index (χ1) is 28.5. The molecule has 1 aliphatic carbocycles. The second-order valence-corrected chi connectivity index (χ2v) is 18.4. The molecule has 1 unspecified atom stereocenters. The van der Waals surface area contributed by atoms with Crippen LogP contribution in [0.25, 0.3) is 21.3 Å². The van der Waals surface area contributed by atoms with Gasteiger partial charge in [0, 0.05) is 37.2 Å². The Bertz CT molecular complexity index is 2510. The fourth-order valence-electron chi connectivity index (χ4n) is 9.41. The van der Waals surface area contributed by atoms with Gasteiger partial charge in [0.2, 0.25) is 11.8 Å². The molecule has 5 heterocycles. The molecule has 16 heteroatoms. The van der Waals surface area contributed by atoms with Crippen LogP contribution in [0.5, 0.6) is 0 Å². The highest BCUT2D eigenvalue weighted by atomic mass is 32.1. The molecule has 0 radical (unpaired) electrons. The van der Waals surface area contributed by atoms with E-state index in [0.717, 1.165) is 109 Å². The number of hydrogen-bond donors (Lipinski definition) is 3. The average molecular weight is 846 g/mol. The van der Waals surface area contributed by atoms with Crippen molar-refractivity contribution >= 4 is 56.0 Å². The van der Waals surface area contributed by atoms with Crippen molar-refractivity contribution in [2.24, 2.45) is 18.9 Å². The maximum atomic E-state index is 13.4. The van der Waals surface area contributed by atoms with E-state index in [1.165, 1.54) is 6.07 Å². The Morgan fingerprint density at radius 3 is 2.38 bits per heavy atom. The van der Waals surface area contributed by atoms with Gasteiger partial charge in [0.25, 0.3) is 5.91 Å². The lowest BCUT2D eigenvalue weighted by atomic mass is 9.81. The Morgan fingerprint density at radius 2 is 1.68 bits per heavy atom. The number of benzene rings is 2. The summed E-state index contributed by atoms with van der Waals surface area (Å²) in [5.74, 6) is -0.0475. The Kier molecular flexibility index (Phi) is 11.5. The number of aryl methyl sites for hydroxylation is 2. The van der Waals surface area contributed by atoms with Crippen molar-refractivity contribution in [3.05, 3.63) is 86.5 Å². The second-order valence-electron chi connectivity index (χ2n) is 17.3. The minimum Gasteiger partial charge on any atom is -0.386 e. The molecule has 2 saturated heterocycles. The number of imidazole rings is 1. The number of anilines is 1. The first-order valence-electron chi connectivity index (χ1n) is 20.8. The molecule has 2 aromatic carbocycles. The molecule has 318 valence electrons. The van der Waals surface area contributed by atoms with Gasteiger partial charge in [-0.25, -0.2) is 14.8 Å². The minimum absolute atomic E-state index is 0.210. The quantitative estimate of drug-likeness (QED) is 0.123. The molecule has 1 saturated carbocycles. The van der Waals surface area contributed by atoms with Crippen molar-refractivity contribution in [2.75, 3.05) is 25.0 Å². The number of aliphatic hydroxyl groups is 1. The van der Waals surface area contributed by atoms with Crippen LogP contribution in [0.15, 0.2) is 53.3 Å². The molecule has 12 nitrogen and oxygen atoms in total. The summed E-state index contributed by atoms with van der Waals surface area (Å²) in [7, 11) is 1.75. The SMILES string of the molecule is Cn1c(=O)n(C2CCC(=O)NC2=O)c2cccc(CCC3CCN(C[C@H]4CC[C@H](c5nc6cc(C(C)(C)O)c(NC(=O)c7cccc(C(F)(F)F)n7)cc6s5)CC4)CC3)c21. The minimum atomic E-state index is -4.69. The smallest absolute Gasteiger partial charge is 0.386 e. The van der Waals surface area contributed by atoms with Gasteiger partial charge in [0.1, 0.15) is 17.4 Å². The van der Waals surface area contributed by atoms with Crippen LogP contribution in [0, 0.1) is 11.8 Å². The third-order valence-electron chi connectivity index (χ3n) is 12.7. The van der Waals surface area contributed by atoms with Crippen molar-refractivity contribution in [3.8, 4) is 0 Å². The first-order valence-corrected chi connectivity index (χ1v) is 21.6. The number of piperidine rings is 2. The van der Waals surface area contributed by atoms with Gasteiger partial charge in [0.15, 0.2) is 0 Å². The Labute approximate surface area is 349 Å². The summed E-state index contributed by atoms with van der Waals surface area (Å²) < 4.78 is 43.8. The zero-order chi connectivity index (χ0) is 42.5. The number of rotatable bonds is 10. The lowest BCUT2D eigenvalue weighted by Gasteiger charge is -2.36. The maximum Gasteiger partial charge on any atom is 0.433 e. The molecule has 3 fully saturated rings. The lowest BCUT2D eigenvalue weighted by Crippen LogP contribution is -2.44. The molecule has 1 atom stereocenters. The van der Waals surface area contributed by atoms with E-state index in [0.29, 0.717) is 40.9 Å². The van der Waals surface area contributed by atoms with Gasteiger partial charge in [0.05, 0.1) is 31.9 Å². The maximum absolute atomic E-state index is 13.4. The summed E-state index contributed by atoms with van der Waals surface area (Å²) in [5, 5.41) is 17.1. The van der Waals surface area contributed by atoms with Gasteiger partial charge in [-0.1, -0.05) is 18.2 Å². The predicted octanol–water partition coefficient (Wildman–Crippen LogP) is 7.44. The second kappa shape index (κ2) is 16.5. The molecule has 2 aliphatic heterocycles. The monoisotopic (exact) mass is 845 g/mol. The number of aromatic nitrogens is 4. The van der Waals surface area contributed by atoms with E-state index in [-0.39, 0.29) is 23.7 Å². The summed E-state index contributed by atoms with van der Waals surface area (Å²) in [5.41, 5.74) is 0.961. The van der Waals surface area contributed by atoms with E-state index in [2.05, 4.69) is 26.6 Å². The summed E-state index contributed by atoms with van der Waals surface area (Å²) in [4.78, 5) is 61.9. The number of hydrogen-bond acceptors (Lipinski definition) is 9. The summed E-state index contributed by atoms with van der Waals surface area (Å²) in [6.07, 6.45) is 4.18. The summed E-state index contributed by atoms with van der Waals surface area (Å²) in [6, 6.07) is 11.9. The van der Waals surface area contributed by atoms with E-state index >= 15 is 0 Å². The molecule has 5 aromatic rings. The standard InChI is InChI=1S/C44H50F3N7O5S/c1-43(2,59)29-22-32-35(23-31(29)49-39(56)30-7-5-9-36(48-30)44(45,46)47)60-41(50-32)28-14-11-26(12-15-28)24-53-20-18-25(19-21-53)10-13-27-6-4-8-33-38(27)52(3)42(58)54(33)34-16-17-37(55)51-40(34)57/h4-9,22-23,25-26,28,34,59H,10-21,24H2,1-3H3,(H,49,56)(H,51,55,57)/t26-,28-,34?. The van der Waals surface area contributed by atoms with Gasteiger partial charge in [-0.2, -0.15) is 13.2 Å². The first kappa shape index (κ1) is 41.8. The van der Waals surface area contributed by atoms with Crippen molar-refractivity contribution in [1.29, 1.82) is 0 Å². The molecule has 0 spiro atoms. The topological polar surface area (TPSA) is 151 Å². The molecule has 60 heavy (non-hydrogen) atoms. The molecule has 3 amide bonds. The molecule has 8 rings (SSSR count). The molecule has 3 aliphatic rings. The number of amides is 3. The van der Waals surface area contributed by atoms with Gasteiger partial charge in [-0.3, -0.25) is 28.8 Å². The van der Waals surface area contributed by atoms with Gasteiger partial charge in [-0.15, -0.1) is 11.3 Å². The molecule has 3 aromatic heterocycles. The van der Waals surface area contributed by atoms with Crippen LogP contribution < -0.4 is 16.3 Å². The highest BCUT2D eigenvalue weighted by molar-refractivity contribution is 7.18. The fourth-order valence-corrected chi connectivity index (χ4v) is 10.6. The number of carbonyl (C=O) groups is 3. The van der Waals surface area contributed by atoms with Crippen LogP contribution in [-0.2, 0) is 34.8 Å². The van der Waals surface area contributed by atoms with Crippen molar-refractivity contribution < 1.29 is 32.7 Å². The average Bonchev–Trinajstić information content (AvgIpc) is 3.74. The third kappa shape index (κ3) is 8.64. The fraction of sp³-hybridized carbons (Fsp3) is 0.500. The molecule has 0 bridgehead atoms. The highest BCUT2D eigenvalue weighted by Crippen LogP contribution is 2.42. The van der Waals surface area contributed by atoms with Crippen LogP contribution in [0.4, 0.5) is 18.9 Å². The number of nitrogens with one attached hydrogen (secondary N) is 2. The number of fused-ring (bicyclic) bond motifs is 2. The summed E-state index contributed by atoms with van der Waals surface area (Å²) in [6.45, 7) is 6.37. The van der Waals surface area contributed by atoms with Crippen LogP contribution in [0.3, 0.4) is 0 Å². The number of alkyl halides is 3. The van der Waals surface area contributed by atoms with E-state index in [4.69, 9.17) is 4.98 Å². The van der Waals surface area contributed by atoms with E-state index in [1.54, 1.807) is 53.5 Å². The Balaban J connectivity index is 0.847. The zero-order valence-corrected chi connectivity index (χ0v) is 34.8. The predicted molar refractivity (Wildman–Crippen MR) is 223 cm³/mol. The Morgan fingerprint density at radius 1 is 0.950 bits per heavy atom. The lowest BCUT2D eigenvalue weighted by molar-refractivity contribution is -0.141. The molecule has 3 N–H and O–H groups in total. The summed E-state index contributed by atoms with van der Waals surface area (Å²) >= 11 is 1.55. The molecular formula is C44H50F3N7O5S. The molecular weight excluding hydrogens is 796 g/mol.